The van der Waals surface area contributed by atoms with Crippen molar-refractivity contribution in [3.05, 3.63) is 46.7 Å². The van der Waals surface area contributed by atoms with Crippen LogP contribution in [0.4, 0.5) is 11.8 Å². The number of anilines is 2. The van der Waals surface area contributed by atoms with Gasteiger partial charge in [-0.15, -0.1) is 11.3 Å². The number of nitrogens with zero attached hydrogens (tertiary/aromatic N) is 3. The molecule has 1 saturated heterocycles. The highest BCUT2D eigenvalue weighted by Gasteiger charge is 2.25. The second-order valence-electron chi connectivity index (χ2n) is 6.81. The van der Waals surface area contributed by atoms with E-state index in [0.29, 0.717) is 0 Å². The Morgan fingerprint density at radius 3 is 2.74 bits per heavy atom. The molecule has 7 heteroatoms. The first-order chi connectivity index (χ1) is 13.2. The molecule has 4 rings (SSSR count). The largest absolute Gasteiger partial charge is 0.369 e. The Labute approximate surface area is 162 Å². The van der Waals surface area contributed by atoms with Crippen LogP contribution < -0.4 is 16.0 Å². The molecular weight excluding hydrogens is 358 g/mol. The predicted octanol–water partition coefficient (Wildman–Crippen LogP) is 3.05. The minimum atomic E-state index is -0.204. The van der Waals surface area contributed by atoms with E-state index in [9.17, 15) is 4.79 Å². The van der Waals surface area contributed by atoms with Crippen LogP contribution in [0, 0.1) is 5.92 Å². The third-order valence-electron chi connectivity index (χ3n) is 5.02. The number of primary amides is 1. The predicted molar refractivity (Wildman–Crippen MR) is 110 cm³/mol. The summed E-state index contributed by atoms with van der Waals surface area (Å²) in [6.45, 7) is 2.33. The zero-order valence-electron chi connectivity index (χ0n) is 15.1. The topological polar surface area (TPSA) is 84.1 Å². The standard InChI is InChI=1S/C20H23N5OS/c21-18(26)14-8-11-25(12-9-14)20-23-17-6-2-1-5-16(17)19(24-20)22-10-7-15-4-3-13-27-15/h1-6,13-14H,7-12H2,(H2,21,26)(H,22,23,24). The summed E-state index contributed by atoms with van der Waals surface area (Å²) in [6.07, 6.45) is 2.48. The van der Waals surface area contributed by atoms with Crippen molar-refractivity contribution in [2.75, 3.05) is 29.9 Å². The van der Waals surface area contributed by atoms with Crippen LogP contribution in [0.15, 0.2) is 41.8 Å². The molecule has 1 aliphatic rings. The summed E-state index contributed by atoms with van der Waals surface area (Å²) in [6, 6.07) is 12.3. The van der Waals surface area contributed by atoms with Gasteiger partial charge in [-0.1, -0.05) is 18.2 Å². The lowest BCUT2D eigenvalue weighted by Gasteiger charge is -2.31. The molecule has 140 valence electrons. The highest BCUT2D eigenvalue weighted by atomic mass is 32.1. The minimum Gasteiger partial charge on any atom is -0.369 e. The molecule has 1 aromatic carbocycles. The molecule has 0 atom stereocenters. The maximum atomic E-state index is 11.4. The van der Waals surface area contributed by atoms with Crippen molar-refractivity contribution in [3.63, 3.8) is 0 Å². The number of nitrogens with two attached hydrogens (primary N) is 1. The molecule has 0 spiro atoms. The maximum Gasteiger partial charge on any atom is 0.227 e. The summed E-state index contributed by atoms with van der Waals surface area (Å²) >= 11 is 1.77. The fourth-order valence-corrected chi connectivity index (χ4v) is 4.17. The van der Waals surface area contributed by atoms with Crippen LogP contribution in [-0.2, 0) is 11.2 Å². The van der Waals surface area contributed by atoms with Crippen molar-refractivity contribution in [2.24, 2.45) is 11.7 Å². The van der Waals surface area contributed by atoms with Gasteiger partial charge in [0.05, 0.1) is 5.52 Å². The van der Waals surface area contributed by atoms with E-state index >= 15 is 0 Å². The van der Waals surface area contributed by atoms with E-state index in [4.69, 9.17) is 15.7 Å². The van der Waals surface area contributed by atoms with Crippen molar-refractivity contribution < 1.29 is 4.79 Å². The molecule has 3 N–H and O–H groups in total. The Hall–Kier alpha value is -2.67. The van der Waals surface area contributed by atoms with E-state index in [1.165, 1.54) is 4.88 Å². The van der Waals surface area contributed by atoms with E-state index in [-0.39, 0.29) is 11.8 Å². The number of rotatable bonds is 6. The average Bonchev–Trinajstić information content (AvgIpc) is 3.21. The monoisotopic (exact) mass is 381 g/mol. The molecule has 0 unspecified atom stereocenters. The second kappa shape index (κ2) is 7.92. The van der Waals surface area contributed by atoms with Crippen molar-refractivity contribution in [1.82, 2.24) is 9.97 Å². The summed E-state index contributed by atoms with van der Waals surface area (Å²) in [7, 11) is 0. The smallest absolute Gasteiger partial charge is 0.227 e. The normalized spacial score (nSPS) is 15.2. The number of para-hydroxylation sites is 1. The van der Waals surface area contributed by atoms with Gasteiger partial charge in [0.1, 0.15) is 5.82 Å². The van der Waals surface area contributed by atoms with Crippen molar-refractivity contribution in [3.8, 4) is 0 Å². The Balaban J connectivity index is 1.54. The summed E-state index contributed by atoms with van der Waals surface area (Å²) in [4.78, 5) is 24.5. The van der Waals surface area contributed by atoms with Gasteiger partial charge in [-0.3, -0.25) is 4.79 Å². The van der Waals surface area contributed by atoms with E-state index in [1.54, 1.807) is 11.3 Å². The molecule has 0 bridgehead atoms. The quantitative estimate of drug-likeness (QED) is 0.686. The lowest BCUT2D eigenvalue weighted by Crippen LogP contribution is -2.39. The zero-order valence-corrected chi connectivity index (χ0v) is 15.9. The molecule has 27 heavy (non-hydrogen) atoms. The fourth-order valence-electron chi connectivity index (χ4n) is 3.46. The van der Waals surface area contributed by atoms with Gasteiger partial charge in [-0.05, 0) is 42.8 Å². The molecule has 0 radical (unpaired) electrons. The van der Waals surface area contributed by atoms with Gasteiger partial charge >= 0.3 is 0 Å². The highest BCUT2D eigenvalue weighted by Crippen LogP contribution is 2.26. The summed E-state index contributed by atoms with van der Waals surface area (Å²) in [5.41, 5.74) is 6.38. The van der Waals surface area contributed by atoms with Crippen LogP contribution in [-0.4, -0.2) is 35.5 Å². The molecule has 2 aromatic heterocycles. The number of benzene rings is 1. The number of nitrogens with one attached hydrogen (secondary N) is 1. The zero-order chi connectivity index (χ0) is 18.6. The number of hydrogen-bond acceptors (Lipinski definition) is 6. The number of piperidine rings is 1. The number of amides is 1. The van der Waals surface area contributed by atoms with Gasteiger partial charge in [-0.25, -0.2) is 4.98 Å². The Morgan fingerprint density at radius 1 is 1.19 bits per heavy atom. The molecule has 0 saturated carbocycles. The summed E-state index contributed by atoms with van der Waals surface area (Å²) < 4.78 is 0. The number of carbonyl (C=O) groups is 1. The third kappa shape index (κ3) is 4.03. The van der Waals surface area contributed by atoms with Crippen molar-refractivity contribution in [2.45, 2.75) is 19.3 Å². The molecular formula is C20H23N5OS. The van der Waals surface area contributed by atoms with E-state index in [0.717, 1.165) is 61.6 Å². The van der Waals surface area contributed by atoms with Crippen LogP contribution in [0.3, 0.4) is 0 Å². The Morgan fingerprint density at radius 2 is 2.00 bits per heavy atom. The first-order valence-electron chi connectivity index (χ1n) is 9.28. The number of aromatic nitrogens is 2. The van der Waals surface area contributed by atoms with Crippen LogP contribution >= 0.6 is 11.3 Å². The Kier molecular flexibility index (Phi) is 5.20. The lowest BCUT2D eigenvalue weighted by atomic mass is 9.96. The van der Waals surface area contributed by atoms with Gasteiger partial charge in [0, 0.05) is 35.8 Å². The maximum absolute atomic E-state index is 11.4. The van der Waals surface area contributed by atoms with E-state index in [1.807, 2.05) is 24.3 Å². The molecule has 3 aromatic rings. The van der Waals surface area contributed by atoms with Crippen molar-refractivity contribution in [1.29, 1.82) is 0 Å². The number of thiophene rings is 1. The minimum absolute atomic E-state index is 0.0369. The van der Waals surface area contributed by atoms with Crippen molar-refractivity contribution >= 4 is 39.9 Å². The van der Waals surface area contributed by atoms with Crippen LogP contribution in [0.5, 0.6) is 0 Å². The molecule has 6 nitrogen and oxygen atoms in total. The first kappa shape index (κ1) is 17.7. The van der Waals surface area contributed by atoms with Gasteiger partial charge in [-0.2, -0.15) is 4.98 Å². The number of carbonyl (C=O) groups excluding carboxylic acids is 1. The lowest BCUT2D eigenvalue weighted by molar-refractivity contribution is -0.122. The van der Waals surface area contributed by atoms with Gasteiger partial charge < -0.3 is 16.0 Å². The van der Waals surface area contributed by atoms with Crippen LogP contribution in [0.2, 0.25) is 0 Å². The van der Waals surface area contributed by atoms with Gasteiger partial charge in [0.15, 0.2) is 0 Å². The molecule has 1 aliphatic heterocycles. The highest BCUT2D eigenvalue weighted by molar-refractivity contribution is 7.09. The SMILES string of the molecule is NC(=O)C1CCN(c2nc(NCCc3cccs3)c3ccccc3n2)CC1. The fraction of sp³-hybridized carbons (Fsp3) is 0.350. The molecule has 3 heterocycles. The van der Waals surface area contributed by atoms with Gasteiger partial charge in [0.2, 0.25) is 11.9 Å². The first-order valence-corrected chi connectivity index (χ1v) is 10.2. The van der Waals surface area contributed by atoms with E-state index < -0.39 is 0 Å². The van der Waals surface area contributed by atoms with Crippen LogP contribution in [0.25, 0.3) is 10.9 Å². The summed E-state index contributed by atoms with van der Waals surface area (Å²) in [5, 5.41) is 6.61. The molecule has 1 fully saturated rings. The van der Waals surface area contributed by atoms with Gasteiger partial charge in [0.25, 0.3) is 0 Å². The molecule has 0 aliphatic carbocycles. The number of fused-ring (bicyclic) bond motifs is 1. The Bertz CT molecular complexity index is 919. The second-order valence-corrected chi connectivity index (χ2v) is 7.84. The summed E-state index contributed by atoms with van der Waals surface area (Å²) in [5.74, 6) is 1.34. The van der Waals surface area contributed by atoms with Crippen LogP contribution in [0.1, 0.15) is 17.7 Å². The van der Waals surface area contributed by atoms with E-state index in [2.05, 4.69) is 27.7 Å². The third-order valence-corrected chi connectivity index (χ3v) is 5.95. The molecule has 1 amide bonds. The average molecular weight is 382 g/mol. The number of hydrogen-bond donors (Lipinski definition) is 2.